The van der Waals surface area contributed by atoms with Gasteiger partial charge in [-0.05, 0) is 0 Å². The number of hydrogen-bond donors (Lipinski definition) is 0. The van der Waals surface area contributed by atoms with Crippen molar-refractivity contribution >= 4 is 0 Å². The zero-order valence-corrected chi connectivity index (χ0v) is 3.91. The summed E-state index contributed by atoms with van der Waals surface area (Å²) < 4.78 is 0. The molecule has 3 heteroatoms. The van der Waals surface area contributed by atoms with E-state index in [4.69, 9.17) is 0 Å². The van der Waals surface area contributed by atoms with Crippen LogP contribution in [0.15, 0.2) is 0 Å². The van der Waals surface area contributed by atoms with Crippen LogP contribution in [0.5, 0.6) is 0 Å². The van der Waals surface area contributed by atoms with E-state index in [1.54, 1.807) is 0 Å². The summed E-state index contributed by atoms with van der Waals surface area (Å²) in [5, 5.41) is 0. The van der Waals surface area contributed by atoms with Gasteiger partial charge in [0.05, 0.1) is 0 Å². The van der Waals surface area contributed by atoms with Gasteiger partial charge in [-0.3, -0.25) is 0 Å². The van der Waals surface area contributed by atoms with Gasteiger partial charge in [0.15, 0.2) is 0 Å². The Balaban J connectivity index is 0. The van der Waals surface area contributed by atoms with E-state index in [0.29, 0.717) is 0 Å². The van der Waals surface area contributed by atoms with Crippen LogP contribution in [0.1, 0.15) is 89.1 Å². The monoisotopic (exact) mass is 366 g/mol. The number of hydrogen-bond acceptors (Lipinski definition) is 0. The molecule has 0 unspecified atom stereocenters. The maximum atomic E-state index is 0. The normalized spacial score (nSPS) is 0. The van der Waals surface area contributed by atoms with Crippen LogP contribution in [0.2, 0.25) is 0 Å². The summed E-state index contributed by atoms with van der Waals surface area (Å²) in [7, 11) is 0. The molecule has 15 heavy (non-hydrogen) atoms. The molecule has 0 heterocycles. The molecule has 0 fully saturated rings. The largest absolute Gasteiger partial charge is 0.0776 e. The van der Waals surface area contributed by atoms with Gasteiger partial charge in [0, 0.05) is 49.5 Å². The average Bonchev–Trinajstić information content (AvgIpc) is 0. The number of rotatable bonds is 0. The molecule has 0 rings (SSSR count). The second-order valence-corrected chi connectivity index (χ2v) is 0. The van der Waals surface area contributed by atoms with Crippen LogP contribution in [0.25, 0.3) is 0 Å². The molecular weight excluding hydrogens is 320 g/mol. The van der Waals surface area contributed by atoms with Crippen molar-refractivity contribution in [2.24, 2.45) is 0 Å². The van der Waals surface area contributed by atoms with Crippen molar-refractivity contribution in [2.45, 2.75) is 89.1 Å². The Morgan fingerprint density at radius 1 is 0.133 bits per heavy atom. The van der Waals surface area contributed by atoms with E-state index >= 15 is 0 Å². The Morgan fingerprint density at radius 3 is 0.133 bits per heavy atom. The maximum Gasteiger partial charge on any atom is 0 e. The van der Waals surface area contributed by atoms with Crippen LogP contribution < -0.4 is 0 Å². The Kier molecular flexibility index (Phi) is 178000. The van der Waals surface area contributed by atoms with Crippen molar-refractivity contribution in [3.8, 4) is 0 Å². The van der Waals surface area contributed by atoms with Crippen molar-refractivity contribution in [3.63, 3.8) is 0 Å². The Hall–Kier alpha value is 1.48. The van der Waals surface area contributed by atoms with Crippen LogP contribution >= 0.6 is 0 Å². The molecule has 0 aromatic carbocycles. The van der Waals surface area contributed by atoms with Gasteiger partial charge in [-0.15, -0.1) is 0 Å². The van der Waals surface area contributed by atoms with E-state index < -0.39 is 0 Å². The molecule has 0 aliphatic heterocycles. The van der Waals surface area contributed by atoms with E-state index in [1.165, 1.54) is 0 Å². The summed E-state index contributed by atoms with van der Waals surface area (Å²) >= 11 is 0. The molecule has 0 spiro atoms. The summed E-state index contributed by atoms with van der Waals surface area (Å²) in [4.78, 5) is 0. The first-order chi connectivity index (χ1) is 0. The van der Waals surface area contributed by atoms with E-state index in [-0.39, 0.29) is 139 Å². The summed E-state index contributed by atoms with van der Waals surface area (Å²) in [6.45, 7) is 0. The predicted octanol–water partition coefficient (Wildman–Crippen LogP) is 7.63. The molecule has 0 saturated carbocycles. The third-order valence-corrected chi connectivity index (χ3v) is 0. The molecule has 0 aromatic heterocycles. The molecule has 0 nitrogen and oxygen atoms in total. The van der Waals surface area contributed by atoms with Gasteiger partial charge in [-0.1, -0.05) is 89.1 Å². The van der Waals surface area contributed by atoms with Crippen LogP contribution in [-0.4, -0.2) is 0 Å². The summed E-state index contributed by atoms with van der Waals surface area (Å²) in [6.07, 6.45) is 0. The molecule has 0 radical (unpaired) electrons. The van der Waals surface area contributed by atoms with Crippen LogP contribution in [0, 0.1) is 0 Å². The average molecular weight is 369 g/mol. The van der Waals surface area contributed by atoms with E-state index in [0.717, 1.165) is 0 Å². The first kappa shape index (κ1) is 1800. The van der Waals surface area contributed by atoms with Gasteiger partial charge in [-0.25, -0.2) is 0 Å². The Labute approximate surface area is 138 Å². The fourth-order valence-electron chi connectivity index (χ4n) is 0. The SMILES string of the molecule is C.C.C.C.C.C.C.C.C.C.C.C.[Ni].[Ni].[Ni]. The minimum Gasteiger partial charge on any atom is -0.0776 e. The van der Waals surface area contributed by atoms with E-state index in [1.807, 2.05) is 0 Å². The fourth-order valence-corrected chi connectivity index (χ4v) is 0. The van der Waals surface area contributed by atoms with Gasteiger partial charge in [0.1, 0.15) is 0 Å². The van der Waals surface area contributed by atoms with Gasteiger partial charge < -0.3 is 0 Å². The minimum atomic E-state index is 0. The van der Waals surface area contributed by atoms with Crippen molar-refractivity contribution in [1.82, 2.24) is 0 Å². The first-order valence-corrected chi connectivity index (χ1v) is 0. The molecule has 0 aromatic rings. The van der Waals surface area contributed by atoms with Crippen LogP contribution in [0.3, 0.4) is 0 Å². The first-order valence-electron chi connectivity index (χ1n) is 0. The molecule has 0 aliphatic carbocycles. The topological polar surface area (TPSA) is 0 Å². The standard InChI is InChI=1S/12CH4.3Ni/h12*1H4;;;. The Morgan fingerprint density at radius 2 is 0.133 bits per heavy atom. The smallest absolute Gasteiger partial charge is 0 e. The predicted molar refractivity (Wildman–Crippen MR) is 80.8 cm³/mol. The fraction of sp³-hybridized carbons (Fsp3) is 1.00. The van der Waals surface area contributed by atoms with Gasteiger partial charge in [0.2, 0.25) is 0 Å². The third-order valence-electron chi connectivity index (χ3n) is 0. The maximum absolute atomic E-state index is 0. The minimum absolute atomic E-state index is 0. The molecule has 0 bridgehead atoms. The molecule has 0 aliphatic rings. The molecule has 126 valence electrons. The quantitative estimate of drug-likeness (QED) is 0.386. The molecule has 0 N–H and O–H groups in total. The van der Waals surface area contributed by atoms with Gasteiger partial charge >= 0.3 is 0 Å². The summed E-state index contributed by atoms with van der Waals surface area (Å²) in [5.41, 5.74) is 0. The van der Waals surface area contributed by atoms with Crippen molar-refractivity contribution < 1.29 is 49.5 Å². The van der Waals surface area contributed by atoms with Crippen LogP contribution in [0.4, 0.5) is 0 Å². The molecule has 0 amide bonds. The van der Waals surface area contributed by atoms with Crippen molar-refractivity contribution in [1.29, 1.82) is 0 Å². The molecular formula is C12H48Ni3. The van der Waals surface area contributed by atoms with E-state index in [9.17, 15) is 0 Å². The zero-order valence-electron chi connectivity index (χ0n) is 0.949. The second kappa shape index (κ2) is 1480. The Bertz CT molecular complexity index is 10.8. The van der Waals surface area contributed by atoms with Crippen molar-refractivity contribution in [3.05, 3.63) is 0 Å². The molecule has 0 atom stereocenters. The van der Waals surface area contributed by atoms with E-state index in [2.05, 4.69) is 0 Å². The molecule has 0 saturated heterocycles. The third kappa shape index (κ3) is 1280. The second-order valence-electron chi connectivity index (χ2n) is 0. The summed E-state index contributed by atoms with van der Waals surface area (Å²) in [6, 6.07) is 0. The van der Waals surface area contributed by atoms with Gasteiger partial charge in [0.25, 0.3) is 0 Å². The zero-order chi connectivity index (χ0) is 0. The van der Waals surface area contributed by atoms with Gasteiger partial charge in [-0.2, -0.15) is 0 Å². The summed E-state index contributed by atoms with van der Waals surface area (Å²) in [5.74, 6) is 0. The van der Waals surface area contributed by atoms with Crippen molar-refractivity contribution in [2.75, 3.05) is 0 Å². The van der Waals surface area contributed by atoms with Crippen LogP contribution in [-0.2, 0) is 49.5 Å².